The summed E-state index contributed by atoms with van der Waals surface area (Å²) in [6.45, 7) is 0. The van der Waals surface area contributed by atoms with Gasteiger partial charge in [-0.3, -0.25) is 10.1 Å². The van der Waals surface area contributed by atoms with Crippen molar-refractivity contribution in [3.8, 4) is 5.75 Å². The van der Waals surface area contributed by atoms with E-state index in [-0.39, 0.29) is 0 Å². The fourth-order valence-electron chi connectivity index (χ4n) is 2.61. The van der Waals surface area contributed by atoms with Gasteiger partial charge >= 0.3 is 0 Å². The van der Waals surface area contributed by atoms with Gasteiger partial charge in [0.25, 0.3) is 0 Å². The number of nitrogens with two attached hydrogens (primary N) is 1. The van der Waals surface area contributed by atoms with Crippen LogP contribution in [-0.2, 0) is 4.79 Å². The Hall–Kier alpha value is -1.26. The van der Waals surface area contributed by atoms with E-state index in [1.807, 2.05) is 0 Å². The zero-order valence-corrected chi connectivity index (χ0v) is 11.7. The Morgan fingerprint density at radius 2 is 2.16 bits per heavy atom. The van der Waals surface area contributed by atoms with Gasteiger partial charge < -0.3 is 10.5 Å². The number of halogens is 1. The first kappa shape index (κ1) is 14.2. The summed E-state index contributed by atoms with van der Waals surface area (Å²) < 4.78 is 5.29. The molecule has 0 saturated heterocycles. The van der Waals surface area contributed by atoms with Crippen molar-refractivity contribution in [2.24, 2.45) is 5.73 Å². The Balaban J connectivity index is 2.30. The molecule has 1 aromatic rings. The van der Waals surface area contributed by atoms with Gasteiger partial charge in [-0.15, -0.1) is 0 Å². The van der Waals surface area contributed by atoms with Crippen LogP contribution in [0.2, 0.25) is 5.02 Å². The molecule has 3 N–H and O–H groups in total. The van der Waals surface area contributed by atoms with Gasteiger partial charge in [0.1, 0.15) is 11.8 Å². The maximum absolute atomic E-state index is 11.8. The fourth-order valence-corrected chi connectivity index (χ4v) is 2.89. The molecule has 0 spiro atoms. The zero-order valence-electron chi connectivity index (χ0n) is 11.0. The molecule has 104 valence electrons. The zero-order chi connectivity index (χ0) is 13.8. The van der Waals surface area contributed by atoms with Crippen molar-refractivity contribution in [3.63, 3.8) is 0 Å². The second-order valence-electron chi connectivity index (χ2n) is 4.84. The standard InChI is InChI=1S/C14H19ClN2O2/c1-19-11-8-4-7-10(15)12(11)13(14(16)18)17-9-5-2-3-6-9/h4,7-9,13,17H,2-3,5-6H2,1H3,(H2,16,18). The van der Waals surface area contributed by atoms with Gasteiger partial charge in [-0.1, -0.05) is 30.5 Å². The van der Waals surface area contributed by atoms with E-state index in [2.05, 4.69) is 5.32 Å². The number of amides is 1. The van der Waals surface area contributed by atoms with Crippen LogP contribution in [0.4, 0.5) is 0 Å². The fraction of sp³-hybridized carbons (Fsp3) is 0.500. The third kappa shape index (κ3) is 3.19. The Kier molecular flexibility index (Phi) is 4.66. The van der Waals surface area contributed by atoms with Gasteiger partial charge in [0.2, 0.25) is 5.91 Å². The van der Waals surface area contributed by atoms with Crippen LogP contribution in [0.1, 0.15) is 37.3 Å². The summed E-state index contributed by atoms with van der Waals surface area (Å²) in [5.74, 6) is 0.153. The normalized spacial score (nSPS) is 17.4. The number of benzene rings is 1. The molecule has 0 heterocycles. The maximum atomic E-state index is 11.8. The summed E-state index contributed by atoms with van der Waals surface area (Å²) in [4.78, 5) is 11.8. The highest BCUT2D eigenvalue weighted by Gasteiger charge is 2.28. The first-order valence-electron chi connectivity index (χ1n) is 6.51. The van der Waals surface area contributed by atoms with Crippen molar-refractivity contribution in [1.82, 2.24) is 5.32 Å². The van der Waals surface area contributed by atoms with E-state index in [0.29, 0.717) is 22.4 Å². The number of hydrogen-bond acceptors (Lipinski definition) is 3. The lowest BCUT2D eigenvalue weighted by Gasteiger charge is -2.23. The minimum absolute atomic E-state index is 0.318. The predicted molar refractivity (Wildman–Crippen MR) is 75.3 cm³/mol. The molecule has 1 saturated carbocycles. The lowest BCUT2D eigenvalue weighted by Crippen LogP contribution is -2.39. The SMILES string of the molecule is COc1cccc(Cl)c1C(NC1CCCC1)C(N)=O. The summed E-state index contributed by atoms with van der Waals surface area (Å²) in [6.07, 6.45) is 4.50. The molecule has 0 bridgehead atoms. The van der Waals surface area contributed by atoms with E-state index in [9.17, 15) is 4.79 Å². The van der Waals surface area contributed by atoms with E-state index in [1.165, 1.54) is 12.8 Å². The van der Waals surface area contributed by atoms with Crippen molar-refractivity contribution in [1.29, 1.82) is 0 Å². The molecule has 1 aliphatic rings. The number of ether oxygens (including phenoxy) is 1. The van der Waals surface area contributed by atoms with Crippen LogP contribution >= 0.6 is 11.6 Å². The van der Waals surface area contributed by atoms with Crippen LogP contribution in [0.25, 0.3) is 0 Å². The van der Waals surface area contributed by atoms with Gasteiger partial charge in [-0.25, -0.2) is 0 Å². The molecule has 1 fully saturated rings. The van der Waals surface area contributed by atoms with Crippen LogP contribution in [0.3, 0.4) is 0 Å². The number of methoxy groups -OCH3 is 1. The monoisotopic (exact) mass is 282 g/mol. The highest BCUT2D eigenvalue weighted by atomic mass is 35.5. The first-order valence-corrected chi connectivity index (χ1v) is 6.89. The molecule has 0 aromatic heterocycles. The summed E-state index contributed by atoms with van der Waals surface area (Å²) in [6, 6.07) is 5.03. The highest BCUT2D eigenvalue weighted by molar-refractivity contribution is 6.31. The van der Waals surface area contributed by atoms with Crippen LogP contribution < -0.4 is 15.8 Å². The van der Waals surface area contributed by atoms with Crippen molar-refractivity contribution in [2.75, 3.05) is 7.11 Å². The molecule has 4 nitrogen and oxygen atoms in total. The second kappa shape index (κ2) is 6.26. The van der Waals surface area contributed by atoms with E-state index in [0.717, 1.165) is 12.8 Å². The maximum Gasteiger partial charge on any atom is 0.239 e. The number of nitrogens with one attached hydrogen (secondary N) is 1. The van der Waals surface area contributed by atoms with E-state index in [1.54, 1.807) is 25.3 Å². The van der Waals surface area contributed by atoms with E-state index in [4.69, 9.17) is 22.1 Å². The summed E-state index contributed by atoms with van der Waals surface area (Å²) in [5, 5.41) is 3.80. The number of carbonyl (C=O) groups is 1. The lowest BCUT2D eigenvalue weighted by molar-refractivity contribution is -0.120. The predicted octanol–water partition coefficient (Wildman–Crippen LogP) is 2.41. The molecule has 2 rings (SSSR count). The quantitative estimate of drug-likeness (QED) is 0.872. The molecular weight excluding hydrogens is 264 g/mol. The minimum atomic E-state index is -0.605. The third-order valence-electron chi connectivity index (χ3n) is 3.56. The van der Waals surface area contributed by atoms with E-state index < -0.39 is 11.9 Å². The Morgan fingerprint density at radius 3 is 2.74 bits per heavy atom. The van der Waals surface area contributed by atoms with E-state index >= 15 is 0 Å². The summed E-state index contributed by atoms with van der Waals surface area (Å²) in [7, 11) is 1.56. The average Bonchev–Trinajstić information content (AvgIpc) is 2.89. The highest BCUT2D eigenvalue weighted by Crippen LogP contribution is 2.33. The van der Waals surface area contributed by atoms with Gasteiger partial charge in [0, 0.05) is 16.6 Å². The van der Waals surface area contributed by atoms with Crippen LogP contribution in [-0.4, -0.2) is 19.1 Å². The van der Waals surface area contributed by atoms with Gasteiger partial charge in [0.05, 0.1) is 7.11 Å². The van der Waals surface area contributed by atoms with Crippen molar-refractivity contribution >= 4 is 17.5 Å². The van der Waals surface area contributed by atoms with Crippen molar-refractivity contribution in [3.05, 3.63) is 28.8 Å². The summed E-state index contributed by atoms with van der Waals surface area (Å²) in [5.41, 5.74) is 6.15. The first-order chi connectivity index (χ1) is 9.13. The van der Waals surface area contributed by atoms with Crippen molar-refractivity contribution < 1.29 is 9.53 Å². The van der Waals surface area contributed by atoms with Crippen LogP contribution in [0.5, 0.6) is 5.75 Å². The molecule has 1 unspecified atom stereocenters. The molecule has 0 aliphatic heterocycles. The number of carbonyl (C=O) groups excluding carboxylic acids is 1. The third-order valence-corrected chi connectivity index (χ3v) is 3.89. The molecule has 19 heavy (non-hydrogen) atoms. The molecular formula is C14H19ClN2O2. The molecule has 1 aromatic carbocycles. The number of rotatable bonds is 5. The Bertz CT molecular complexity index is 459. The molecule has 1 aliphatic carbocycles. The topological polar surface area (TPSA) is 64.3 Å². The average molecular weight is 283 g/mol. The molecule has 5 heteroatoms. The Morgan fingerprint density at radius 1 is 1.47 bits per heavy atom. The van der Waals surface area contributed by atoms with Crippen molar-refractivity contribution in [2.45, 2.75) is 37.8 Å². The van der Waals surface area contributed by atoms with Crippen LogP contribution in [0.15, 0.2) is 18.2 Å². The smallest absolute Gasteiger partial charge is 0.239 e. The minimum Gasteiger partial charge on any atom is -0.496 e. The summed E-state index contributed by atoms with van der Waals surface area (Å²) >= 11 is 6.20. The van der Waals surface area contributed by atoms with Gasteiger partial charge in [-0.2, -0.15) is 0 Å². The number of hydrogen-bond donors (Lipinski definition) is 2. The Labute approximate surface area is 118 Å². The van der Waals surface area contributed by atoms with Gasteiger partial charge in [-0.05, 0) is 25.0 Å². The van der Waals surface area contributed by atoms with Crippen LogP contribution in [0, 0.1) is 0 Å². The molecule has 1 atom stereocenters. The van der Waals surface area contributed by atoms with Gasteiger partial charge in [0.15, 0.2) is 0 Å². The number of primary amides is 1. The second-order valence-corrected chi connectivity index (χ2v) is 5.25. The molecule has 1 amide bonds. The molecule has 0 radical (unpaired) electrons. The lowest BCUT2D eigenvalue weighted by atomic mass is 10.0. The largest absolute Gasteiger partial charge is 0.496 e.